The van der Waals surface area contributed by atoms with Crippen LogP contribution in [0.1, 0.15) is 236 Å². The first-order chi connectivity index (χ1) is 47.5. The smallest absolute Gasteiger partial charge is 0.248 e. The highest BCUT2D eigenvalue weighted by molar-refractivity contribution is 6.00. The van der Waals surface area contributed by atoms with E-state index >= 15 is 28.8 Å². The summed E-state index contributed by atoms with van der Waals surface area (Å²) in [7, 11) is 10.3. The van der Waals surface area contributed by atoms with E-state index in [9.17, 15) is 33.9 Å². The molecule has 5 aliphatic rings. The van der Waals surface area contributed by atoms with Gasteiger partial charge in [0.15, 0.2) is 0 Å². The van der Waals surface area contributed by atoms with E-state index in [-0.39, 0.29) is 86.4 Å². The Kier molecular flexibility index (Phi) is 34.3. The summed E-state index contributed by atoms with van der Waals surface area (Å²) < 4.78 is 0. The Morgan fingerprint density at radius 1 is 0.396 bits per heavy atom. The average Bonchev–Trinajstić information content (AvgIpc) is 0.819. The monoisotopic (exact) mass is 1420 g/mol. The third-order valence-corrected chi connectivity index (χ3v) is 22.3. The molecular weight excluding hydrogens is 1290 g/mol. The molecule has 12 amide bonds. The number of nitrogens with one attached hydrogen (secondary N) is 4. The van der Waals surface area contributed by atoms with Crippen LogP contribution in [0.5, 0.6) is 0 Å². The van der Waals surface area contributed by atoms with Gasteiger partial charge in [-0.1, -0.05) is 152 Å². The van der Waals surface area contributed by atoms with Crippen molar-refractivity contribution >= 4 is 70.9 Å². The Morgan fingerprint density at radius 2 is 0.762 bits per heavy atom. The van der Waals surface area contributed by atoms with Crippen molar-refractivity contribution in [2.75, 3.05) is 69.0 Å². The van der Waals surface area contributed by atoms with Gasteiger partial charge in [-0.15, -0.1) is 0 Å². The third-order valence-electron chi connectivity index (χ3n) is 22.3. The maximum absolute atomic E-state index is 15.8. The number of hydrogen-bond donors (Lipinski definition) is 5. The second-order valence-corrected chi connectivity index (χ2v) is 32.5. The average molecular weight is 1420 g/mol. The van der Waals surface area contributed by atoms with Crippen LogP contribution >= 0.6 is 0 Å². The Balaban J connectivity index is 1.68. The molecule has 25 nitrogen and oxygen atoms in total. The standard InChI is InChI=1S/C76H132N12O13/c1-47(2)38-56-71(96)86(16)62(41-50(7)8)74(99)84(14)60(42-53-30-22-18-23-31-53)69(94)78-57(39-48(3)4)72(97)87(17)63(44-55-34-26-20-27-35-55)75(100)85(15)61(43-54-32-24-19-25-33-54)70(95)80-66(52(10)89)76(101)81(11)46-65(91)83(13)59(40-49(5)6)68(93)79-58(73(98)88-36-28-21-29-37-88)45-64(90)82(12)51(9)67(92)77-56/h47-63,66,89H,18-46H2,1-17H3,(H,77,92)(H,78,94)(H,79,93)(H,80,95)/t51-,52+,56-,57-,58-,59-,60-,61-,62-,63-,66-/m0/s1. The lowest BCUT2D eigenvalue weighted by molar-refractivity contribution is -0.152. The number of amides is 12. The molecule has 0 unspecified atom stereocenters. The lowest BCUT2D eigenvalue weighted by atomic mass is 9.83. The van der Waals surface area contributed by atoms with Crippen LogP contribution in [0, 0.1) is 41.4 Å². The van der Waals surface area contributed by atoms with E-state index in [1.165, 1.54) is 73.6 Å². The van der Waals surface area contributed by atoms with Gasteiger partial charge in [0, 0.05) is 62.4 Å². The number of aliphatic hydroxyl groups is 1. The highest BCUT2D eigenvalue weighted by atomic mass is 16.3. The fraction of sp³-hybridized carbons (Fsp3) is 0.842. The van der Waals surface area contributed by atoms with Crippen molar-refractivity contribution in [2.45, 2.75) is 303 Å². The van der Waals surface area contributed by atoms with Gasteiger partial charge in [-0.25, -0.2) is 0 Å². The molecule has 574 valence electrons. The van der Waals surface area contributed by atoms with Crippen molar-refractivity contribution in [3.8, 4) is 0 Å². The summed E-state index contributed by atoms with van der Waals surface area (Å²) in [5.41, 5.74) is 0. The summed E-state index contributed by atoms with van der Waals surface area (Å²) in [6.07, 6.45) is 15.0. The summed E-state index contributed by atoms with van der Waals surface area (Å²) in [5, 5.41) is 23.1. The van der Waals surface area contributed by atoms with Crippen LogP contribution in [0.15, 0.2) is 0 Å². The first-order valence-corrected chi connectivity index (χ1v) is 38.6. The van der Waals surface area contributed by atoms with Gasteiger partial charge in [-0.2, -0.15) is 0 Å². The van der Waals surface area contributed by atoms with Gasteiger partial charge in [0.2, 0.25) is 70.9 Å². The number of carbonyl (C=O) groups excluding carboxylic acids is 12. The topological polar surface area (TPSA) is 299 Å². The van der Waals surface area contributed by atoms with Gasteiger partial charge in [-0.05, 0) is 119 Å². The maximum atomic E-state index is 15.8. The van der Waals surface area contributed by atoms with Crippen LogP contribution < -0.4 is 21.3 Å². The summed E-state index contributed by atoms with van der Waals surface area (Å²) >= 11 is 0. The Morgan fingerprint density at radius 3 is 1.20 bits per heavy atom. The quantitative estimate of drug-likeness (QED) is 0.114. The first kappa shape index (κ1) is 85.2. The van der Waals surface area contributed by atoms with Gasteiger partial charge in [0.25, 0.3) is 0 Å². The Labute approximate surface area is 604 Å². The molecule has 0 spiro atoms. The normalized spacial score (nSPS) is 28.3. The van der Waals surface area contributed by atoms with Crippen LogP contribution in [0.25, 0.3) is 0 Å². The summed E-state index contributed by atoms with van der Waals surface area (Å²) in [6.45, 7) is 18.2. The molecule has 3 saturated carbocycles. The molecule has 0 aromatic rings. The van der Waals surface area contributed by atoms with E-state index in [0.717, 1.165) is 113 Å². The van der Waals surface area contributed by atoms with E-state index in [1.807, 2.05) is 55.4 Å². The zero-order valence-electron chi connectivity index (χ0n) is 64.8. The van der Waals surface area contributed by atoms with Gasteiger partial charge in [0.1, 0.15) is 60.4 Å². The molecule has 5 rings (SSSR count). The number of rotatable bonds is 16. The molecule has 2 aliphatic heterocycles. The molecule has 2 saturated heterocycles. The predicted molar refractivity (Wildman–Crippen MR) is 389 cm³/mol. The number of nitrogens with zero attached hydrogens (tertiary/aromatic N) is 8. The second kappa shape index (κ2) is 40.6. The minimum atomic E-state index is -1.61. The lowest BCUT2D eigenvalue weighted by Gasteiger charge is -2.40. The predicted octanol–water partition coefficient (Wildman–Crippen LogP) is 6.26. The first-order valence-electron chi connectivity index (χ1n) is 38.6. The fourth-order valence-electron chi connectivity index (χ4n) is 15.8. The number of hydrogen-bond acceptors (Lipinski definition) is 13. The number of likely N-dealkylation sites (N-methyl/N-ethyl adjacent to an activating group) is 7. The molecule has 101 heavy (non-hydrogen) atoms. The highest BCUT2D eigenvalue weighted by Gasteiger charge is 2.45. The SMILES string of the molecule is CC(C)C[C@@H]1NC(=O)[C@H](C)N(C)C(=O)C[C@@H](C(=O)N2CCCCC2)NC(=O)[C@H](CC(C)C)N(C)C(=O)CN(C)C(=O)[C@H]([C@@H](C)O)NC(=O)[C@H](CC2CCCCC2)N(C)C(=O)[C@H](CC2CCCCC2)N(C)C(=O)[C@H](CC(C)C)NC(=O)[C@H](CC2CCCCC2)N(C)C(=O)[C@H](CC(C)C)N(C)C1=O. The van der Waals surface area contributed by atoms with Crippen LogP contribution in [0.2, 0.25) is 0 Å². The largest absolute Gasteiger partial charge is 0.391 e. The van der Waals surface area contributed by atoms with E-state index in [4.69, 9.17) is 0 Å². The van der Waals surface area contributed by atoms with E-state index < -0.39 is 150 Å². The van der Waals surface area contributed by atoms with E-state index in [2.05, 4.69) is 21.3 Å². The summed E-state index contributed by atoms with van der Waals surface area (Å²) in [6, 6.07) is -12.4. The molecular formula is C76H132N12O13. The molecule has 0 aromatic heterocycles. The van der Waals surface area contributed by atoms with Crippen LogP contribution in [-0.2, 0) is 57.5 Å². The minimum Gasteiger partial charge on any atom is -0.391 e. The molecule has 0 aromatic carbocycles. The summed E-state index contributed by atoms with van der Waals surface area (Å²) in [4.78, 5) is 191. The van der Waals surface area contributed by atoms with Crippen LogP contribution in [-0.4, -0.2) is 251 Å². The molecule has 11 atom stereocenters. The molecule has 2 heterocycles. The van der Waals surface area contributed by atoms with Crippen molar-refractivity contribution in [3.05, 3.63) is 0 Å². The van der Waals surface area contributed by atoms with Gasteiger partial charge >= 0.3 is 0 Å². The molecule has 0 bridgehead atoms. The number of aliphatic hydroxyl groups excluding tert-OH is 1. The van der Waals surface area contributed by atoms with E-state index in [1.54, 1.807) is 19.0 Å². The Bertz CT molecular complexity index is 2780. The highest BCUT2D eigenvalue weighted by Crippen LogP contribution is 2.34. The molecule has 0 radical (unpaired) electrons. The van der Waals surface area contributed by atoms with Crippen molar-refractivity contribution in [1.29, 1.82) is 0 Å². The third kappa shape index (κ3) is 24.9. The van der Waals surface area contributed by atoms with Gasteiger partial charge < -0.3 is 65.6 Å². The zero-order chi connectivity index (χ0) is 75.3. The Hall–Kier alpha value is -6.40. The van der Waals surface area contributed by atoms with Crippen molar-refractivity contribution in [1.82, 2.24) is 60.5 Å². The maximum Gasteiger partial charge on any atom is 0.248 e. The number of carbonyl (C=O) groups is 12. The number of piperidine rings is 1. The van der Waals surface area contributed by atoms with Crippen LogP contribution in [0.4, 0.5) is 0 Å². The van der Waals surface area contributed by atoms with Crippen molar-refractivity contribution in [3.63, 3.8) is 0 Å². The minimum absolute atomic E-state index is 0.0103. The van der Waals surface area contributed by atoms with Crippen molar-refractivity contribution in [2.24, 2.45) is 41.4 Å². The van der Waals surface area contributed by atoms with E-state index in [0.29, 0.717) is 25.9 Å². The lowest BCUT2D eigenvalue weighted by Crippen LogP contribution is -2.62. The molecule has 3 aliphatic carbocycles. The van der Waals surface area contributed by atoms with Gasteiger partial charge in [-0.3, -0.25) is 57.5 Å². The summed E-state index contributed by atoms with van der Waals surface area (Å²) in [5.74, 6) is -8.11. The number of likely N-dealkylation sites (tertiary alicyclic amines) is 1. The second-order valence-electron chi connectivity index (χ2n) is 32.5. The fourth-order valence-corrected chi connectivity index (χ4v) is 15.8. The van der Waals surface area contributed by atoms with Crippen LogP contribution in [0.3, 0.4) is 0 Å². The zero-order valence-corrected chi connectivity index (χ0v) is 64.8. The molecule has 25 heteroatoms. The molecule has 5 N–H and O–H groups in total. The van der Waals surface area contributed by atoms with Gasteiger partial charge in [0.05, 0.1) is 19.1 Å². The molecule has 5 fully saturated rings. The van der Waals surface area contributed by atoms with Crippen molar-refractivity contribution < 1.29 is 62.6 Å².